The van der Waals surface area contributed by atoms with E-state index in [1.165, 1.54) is 32.1 Å². The molecule has 4 heteroatoms. The van der Waals surface area contributed by atoms with Gasteiger partial charge in [0.15, 0.2) is 0 Å². The Morgan fingerprint density at radius 2 is 1.47 bits per heavy atom. The van der Waals surface area contributed by atoms with E-state index in [9.17, 15) is 4.79 Å². The summed E-state index contributed by atoms with van der Waals surface area (Å²) in [7, 11) is 1.74. The molecule has 0 radical (unpaired) electrons. The fraction of sp³-hybridized carbons (Fsp3) is 0.867. The maximum Gasteiger partial charge on any atom is 0.323 e. The van der Waals surface area contributed by atoms with Gasteiger partial charge < -0.3 is 9.47 Å². The van der Waals surface area contributed by atoms with Gasteiger partial charge in [-0.25, -0.2) is 0 Å². The Balaban J connectivity index is 3.15. The van der Waals surface area contributed by atoms with Gasteiger partial charge in [-0.15, -0.1) is 0 Å². The van der Waals surface area contributed by atoms with Gasteiger partial charge in [0.05, 0.1) is 12.7 Å². The number of carbonyl (C=O) groups is 1. The van der Waals surface area contributed by atoms with Crippen LogP contribution in [0.15, 0.2) is 0 Å². The first-order chi connectivity index (χ1) is 9.22. The van der Waals surface area contributed by atoms with E-state index in [0.717, 1.165) is 25.9 Å². The number of nitrogens with zero attached hydrogens (tertiary/aromatic N) is 1. The van der Waals surface area contributed by atoms with Crippen molar-refractivity contribution < 1.29 is 14.3 Å². The summed E-state index contributed by atoms with van der Waals surface area (Å²) in [6, 6.07) is 1.87. The molecule has 0 aliphatic carbocycles. The van der Waals surface area contributed by atoms with E-state index in [1.54, 1.807) is 14.0 Å². The van der Waals surface area contributed by atoms with Gasteiger partial charge in [0.2, 0.25) is 0 Å². The lowest BCUT2D eigenvalue weighted by Crippen LogP contribution is -2.13. The predicted molar refractivity (Wildman–Crippen MR) is 74.5 cm³/mol. The summed E-state index contributed by atoms with van der Waals surface area (Å²) in [5.74, 6) is -1.05. The molecule has 0 aromatic heterocycles. The number of methoxy groups -OCH3 is 1. The summed E-state index contributed by atoms with van der Waals surface area (Å²) in [4.78, 5) is 11.2. The zero-order chi connectivity index (χ0) is 14.3. The first kappa shape index (κ1) is 17.9. The average molecular weight is 269 g/mol. The standard InChI is InChI=1S/C15H27NO3/c1-14(13-16)15(17)19-12-10-8-6-4-3-5-7-9-11-18-2/h14H,3-12H2,1-2H3. The van der Waals surface area contributed by atoms with E-state index < -0.39 is 11.9 Å². The van der Waals surface area contributed by atoms with Crippen LogP contribution in [0.5, 0.6) is 0 Å². The van der Waals surface area contributed by atoms with E-state index in [4.69, 9.17) is 14.7 Å². The average Bonchev–Trinajstić information content (AvgIpc) is 2.43. The quantitative estimate of drug-likeness (QED) is 0.402. The topological polar surface area (TPSA) is 59.3 Å². The number of ether oxygens (including phenoxy) is 2. The third-order valence-electron chi connectivity index (χ3n) is 3.03. The highest BCUT2D eigenvalue weighted by molar-refractivity contribution is 5.74. The van der Waals surface area contributed by atoms with E-state index in [0.29, 0.717) is 6.61 Å². The van der Waals surface area contributed by atoms with Gasteiger partial charge in [-0.3, -0.25) is 4.79 Å². The van der Waals surface area contributed by atoms with E-state index in [-0.39, 0.29) is 0 Å². The van der Waals surface area contributed by atoms with Crippen molar-refractivity contribution in [2.24, 2.45) is 5.92 Å². The SMILES string of the molecule is COCCCCCCCCCCOC(=O)C(C)C#N. The van der Waals surface area contributed by atoms with Gasteiger partial charge >= 0.3 is 5.97 Å². The second kappa shape index (κ2) is 13.4. The zero-order valence-corrected chi connectivity index (χ0v) is 12.3. The lowest BCUT2D eigenvalue weighted by Gasteiger charge is -2.05. The summed E-state index contributed by atoms with van der Waals surface area (Å²) in [6.07, 6.45) is 9.37. The molecule has 19 heavy (non-hydrogen) atoms. The van der Waals surface area contributed by atoms with Gasteiger partial charge in [-0.2, -0.15) is 5.26 Å². The molecule has 110 valence electrons. The van der Waals surface area contributed by atoms with Crippen LogP contribution in [0.2, 0.25) is 0 Å². The predicted octanol–water partition coefficient (Wildman–Crippen LogP) is 3.46. The lowest BCUT2D eigenvalue weighted by molar-refractivity contribution is -0.146. The first-order valence-electron chi connectivity index (χ1n) is 7.27. The van der Waals surface area contributed by atoms with Gasteiger partial charge in [-0.1, -0.05) is 38.5 Å². The van der Waals surface area contributed by atoms with Gasteiger partial charge in [-0.05, 0) is 19.8 Å². The fourth-order valence-corrected chi connectivity index (χ4v) is 1.76. The number of carbonyl (C=O) groups excluding carboxylic acids is 1. The van der Waals surface area contributed by atoms with Crippen LogP contribution in [0.25, 0.3) is 0 Å². The number of hydrogen-bond acceptors (Lipinski definition) is 4. The molecule has 0 rings (SSSR count). The van der Waals surface area contributed by atoms with E-state index in [1.807, 2.05) is 6.07 Å². The molecule has 0 amide bonds. The van der Waals surface area contributed by atoms with Crippen molar-refractivity contribution in [3.63, 3.8) is 0 Å². The van der Waals surface area contributed by atoms with Crippen LogP contribution >= 0.6 is 0 Å². The molecule has 0 bridgehead atoms. The summed E-state index contributed by atoms with van der Waals surface area (Å²) < 4.78 is 9.99. The highest BCUT2D eigenvalue weighted by atomic mass is 16.5. The summed E-state index contributed by atoms with van der Waals surface area (Å²) in [5.41, 5.74) is 0. The minimum atomic E-state index is -0.646. The van der Waals surface area contributed by atoms with Crippen molar-refractivity contribution in [3.05, 3.63) is 0 Å². The Kier molecular flexibility index (Phi) is 12.6. The Hall–Kier alpha value is -1.08. The number of unbranched alkanes of at least 4 members (excludes halogenated alkanes) is 7. The molecule has 0 heterocycles. The molecule has 4 nitrogen and oxygen atoms in total. The zero-order valence-electron chi connectivity index (χ0n) is 12.3. The molecular formula is C15H27NO3. The normalized spacial score (nSPS) is 11.8. The minimum Gasteiger partial charge on any atom is -0.465 e. The molecule has 0 aromatic rings. The molecule has 1 atom stereocenters. The van der Waals surface area contributed by atoms with Crippen LogP contribution in [0.3, 0.4) is 0 Å². The minimum absolute atomic E-state index is 0.402. The number of rotatable bonds is 12. The summed E-state index contributed by atoms with van der Waals surface area (Å²) >= 11 is 0. The largest absolute Gasteiger partial charge is 0.465 e. The van der Waals surface area contributed by atoms with Crippen LogP contribution in [0, 0.1) is 17.2 Å². The molecule has 1 unspecified atom stereocenters. The third-order valence-corrected chi connectivity index (χ3v) is 3.03. The van der Waals surface area contributed by atoms with Crippen molar-refractivity contribution in [2.45, 2.75) is 58.3 Å². The van der Waals surface area contributed by atoms with Crippen molar-refractivity contribution in [3.8, 4) is 6.07 Å². The van der Waals surface area contributed by atoms with Crippen molar-refractivity contribution in [1.82, 2.24) is 0 Å². The molecule has 0 spiro atoms. The number of esters is 1. The molecule has 0 aromatic carbocycles. The first-order valence-corrected chi connectivity index (χ1v) is 7.27. The van der Waals surface area contributed by atoms with E-state index >= 15 is 0 Å². The van der Waals surface area contributed by atoms with E-state index in [2.05, 4.69) is 0 Å². The molecule has 0 aliphatic rings. The molecule has 0 saturated carbocycles. The van der Waals surface area contributed by atoms with Crippen LogP contribution in [0.1, 0.15) is 58.3 Å². The molecular weight excluding hydrogens is 242 g/mol. The highest BCUT2D eigenvalue weighted by Gasteiger charge is 2.12. The lowest BCUT2D eigenvalue weighted by atomic mass is 10.1. The fourth-order valence-electron chi connectivity index (χ4n) is 1.76. The Morgan fingerprint density at radius 3 is 1.95 bits per heavy atom. The Bertz CT molecular complexity index is 261. The van der Waals surface area contributed by atoms with Crippen molar-refractivity contribution in [2.75, 3.05) is 20.3 Å². The Morgan fingerprint density at radius 1 is 1.00 bits per heavy atom. The third kappa shape index (κ3) is 11.7. The molecule has 0 N–H and O–H groups in total. The molecule has 0 aliphatic heterocycles. The maximum absolute atomic E-state index is 11.2. The van der Waals surface area contributed by atoms with Crippen molar-refractivity contribution in [1.29, 1.82) is 5.26 Å². The highest BCUT2D eigenvalue weighted by Crippen LogP contribution is 2.09. The second-order valence-electron chi connectivity index (χ2n) is 4.84. The van der Waals surface area contributed by atoms with Crippen LogP contribution < -0.4 is 0 Å². The maximum atomic E-state index is 11.2. The van der Waals surface area contributed by atoms with Crippen LogP contribution in [-0.4, -0.2) is 26.3 Å². The summed E-state index contributed by atoms with van der Waals surface area (Å²) in [6.45, 7) is 2.87. The van der Waals surface area contributed by atoms with Crippen LogP contribution in [-0.2, 0) is 14.3 Å². The second-order valence-corrected chi connectivity index (χ2v) is 4.84. The smallest absolute Gasteiger partial charge is 0.323 e. The van der Waals surface area contributed by atoms with Gasteiger partial charge in [0.1, 0.15) is 5.92 Å². The summed E-state index contributed by atoms with van der Waals surface area (Å²) in [5, 5.41) is 8.52. The van der Waals surface area contributed by atoms with Gasteiger partial charge in [0, 0.05) is 13.7 Å². The number of hydrogen-bond donors (Lipinski definition) is 0. The van der Waals surface area contributed by atoms with Crippen LogP contribution in [0.4, 0.5) is 0 Å². The van der Waals surface area contributed by atoms with Crippen molar-refractivity contribution >= 4 is 5.97 Å². The molecule has 0 fully saturated rings. The number of nitriles is 1. The van der Waals surface area contributed by atoms with Gasteiger partial charge in [0.25, 0.3) is 0 Å². The Labute approximate surface area is 117 Å². The molecule has 0 saturated heterocycles. The monoisotopic (exact) mass is 269 g/mol.